The predicted molar refractivity (Wildman–Crippen MR) is 47.6 cm³/mol. The van der Waals surface area contributed by atoms with E-state index in [4.69, 9.17) is 0 Å². The van der Waals surface area contributed by atoms with Crippen molar-refractivity contribution in [3.8, 4) is 0 Å². The van der Waals surface area contributed by atoms with E-state index in [9.17, 15) is 0 Å². The van der Waals surface area contributed by atoms with Crippen LogP contribution in [0, 0.1) is 5.92 Å². The Morgan fingerprint density at radius 3 is 2.64 bits per heavy atom. The van der Waals surface area contributed by atoms with Gasteiger partial charge in [-0.2, -0.15) is 0 Å². The molecule has 2 fully saturated rings. The second kappa shape index (κ2) is 2.78. The summed E-state index contributed by atoms with van der Waals surface area (Å²) in [6.07, 6.45) is 8.65. The summed E-state index contributed by atoms with van der Waals surface area (Å²) in [6.45, 7) is 3.70. The first-order valence-electron chi connectivity index (χ1n) is 5.08. The van der Waals surface area contributed by atoms with Crippen LogP contribution in [0.5, 0.6) is 0 Å². The third kappa shape index (κ3) is 1.20. The fourth-order valence-corrected chi connectivity index (χ4v) is 2.88. The normalized spacial score (nSPS) is 45.0. The lowest BCUT2D eigenvalue weighted by molar-refractivity contribution is 0.179. The smallest absolute Gasteiger partial charge is 0.0207 e. The third-order valence-electron chi connectivity index (χ3n) is 3.73. The lowest BCUT2D eigenvalue weighted by atomic mass is 9.73. The fourth-order valence-electron chi connectivity index (χ4n) is 2.88. The molecule has 64 valence electrons. The second-order valence-electron chi connectivity index (χ2n) is 4.33. The van der Waals surface area contributed by atoms with Gasteiger partial charge in [0.2, 0.25) is 0 Å². The van der Waals surface area contributed by atoms with Crippen molar-refractivity contribution in [3.05, 3.63) is 0 Å². The molecule has 2 rings (SSSR count). The first kappa shape index (κ1) is 7.60. The van der Waals surface area contributed by atoms with Gasteiger partial charge >= 0.3 is 0 Å². The van der Waals surface area contributed by atoms with Crippen molar-refractivity contribution in [3.63, 3.8) is 0 Å². The molecule has 1 heterocycles. The van der Waals surface area contributed by atoms with E-state index in [1.54, 1.807) is 0 Å². The molecule has 1 aliphatic carbocycles. The quantitative estimate of drug-likeness (QED) is 0.563. The van der Waals surface area contributed by atoms with Crippen LogP contribution in [-0.4, -0.2) is 12.1 Å². The molecule has 0 aromatic heterocycles. The van der Waals surface area contributed by atoms with Gasteiger partial charge in [0, 0.05) is 5.54 Å². The summed E-state index contributed by atoms with van der Waals surface area (Å²) in [5.74, 6) is 0.929. The molecule has 11 heavy (non-hydrogen) atoms. The zero-order valence-corrected chi connectivity index (χ0v) is 7.53. The molecule has 1 N–H and O–H groups in total. The second-order valence-corrected chi connectivity index (χ2v) is 4.33. The van der Waals surface area contributed by atoms with Crippen LogP contribution in [0.15, 0.2) is 0 Å². The van der Waals surface area contributed by atoms with Gasteiger partial charge in [0.25, 0.3) is 0 Å². The summed E-state index contributed by atoms with van der Waals surface area (Å²) < 4.78 is 0. The third-order valence-corrected chi connectivity index (χ3v) is 3.73. The molecule has 0 aromatic rings. The van der Waals surface area contributed by atoms with Crippen LogP contribution < -0.4 is 5.32 Å². The van der Waals surface area contributed by atoms with Crippen LogP contribution in [-0.2, 0) is 0 Å². The first-order valence-corrected chi connectivity index (χ1v) is 5.08. The van der Waals surface area contributed by atoms with Crippen molar-refractivity contribution in [1.29, 1.82) is 0 Å². The van der Waals surface area contributed by atoms with Gasteiger partial charge in [0.05, 0.1) is 0 Å². The molecule has 2 aliphatic rings. The molecule has 1 spiro atoms. The van der Waals surface area contributed by atoms with Crippen molar-refractivity contribution in [2.24, 2.45) is 5.92 Å². The van der Waals surface area contributed by atoms with Gasteiger partial charge in [-0.1, -0.05) is 19.8 Å². The standard InChI is InChI=1S/C10H19N/c1-9-5-2-3-6-10(9)7-4-8-11-10/h9,11H,2-8H2,1H3/t9?,10-/m1/s1. The molecule has 1 unspecified atom stereocenters. The summed E-state index contributed by atoms with van der Waals surface area (Å²) in [4.78, 5) is 0. The number of hydrogen-bond donors (Lipinski definition) is 1. The van der Waals surface area contributed by atoms with Gasteiger partial charge in [0.1, 0.15) is 0 Å². The van der Waals surface area contributed by atoms with E-state index in [0.717, 1.165) is 5.92 Å². The van der Waals surface area contributed by atoms with Gasteiger partial charge in [-0.05, 0) is 38.1 Å². The summed E-state index contributed by atoms with van der Waals surface area (Å²) >= 11 is 0. The molecule has 1 heteroatoms. The Hall–Kier alpha value is -0.0400. The summed E-state index contributed by atoms with van der Waals surface area (Å²) in [7, 11) is 0. The highest BCUT2D eigenvalue weighted by Crippen LogP contribution is 2.39. The molecule has 1 aliphatic heterocycles. The Morgan fingerprint density at radius 2 is 2.00 bits per heavy atom. The van der Waals surface area contributed by atoms with Crippen LogP contribution in [0.1, 0.15) is 45.4 Å². The summed E-state index contributed by atoms with van der Waals surface area (Å²) in [5, 5.41) is 3.72. The van der Waals surface area contributed by atoms with E-state index in [-0.39, 0.29) is 0 Å². The van der Waals surface area contributed by atoms with Crippen LogP contribution in [0.3, 0.4) is 0 Å². The number of rotatable bonds is 0. The van der Waals surface area contributed by atoms with E-state index in [0.29, 0.717) is 5.54 Å². The minimum atomic E-state index is 0.582. The van der Waals surface area contributed by atoms with Crippen molar-refractivity contribution in [1.82, 2.24) is 5.32 Å². The van der Waals surface area contributed by atoms with Crippen molar-refractivity contribution < 1.29 is 0 Å². The van der Waals surface area contributed by atoms with Crippen LogP contribution in [0.4, 0.5) is 0 Å². The number of nitrogens with one attached hydrogen (secondary N) is 1. The largest absolute Gasteiger partial charge is 0.311 e. The van der Waals surface area contributed by atoms with E-state index in [1.807, 2.05) is 0 Å². The van der Waals surface area contributed by atoms with Gasteiger partial charge in [-0.3, -0.25) is 0 Å². The molecule has 2 atom stereocenters. The van der Waals surface area contributed by atoms with E-state index in [2.05, 4.69) is 12.2 Å². The van der Waals surface area contributed by atoms with E-state index in [1.165, 1.54) is 45.1 Å². The molecule has 1 saturated carbocycles. The molecule has 0 aromatic carbocycles. The van der Waals surface area contributed by atoms with E-state index >= 15 is 0 Å². The molecular weight excluding hydrogens is 134 g/mol. The van der Waals surface area contributed by atoms with Crippen LogP contribution >= 0.6 is 0 Å². The maximum atomic E-state index is 3.72. The first-order chi connectivity index (χ1) is 5.33. The average Bonchev–Trinajstić information content (AvgIpc) is 2.46. The fraction of sp³-hybridized carbons (Fsp3) is 1.00. The zero-order valence-electron chi connectivity index (χ0n) is 7.53. The van der Waals surface area contributed by atoms with Crippen molar-refractivity contribution >= 4 is 0 Å². The highest BCUT2D eigenvalue weighted by molar-refractivity contribution is 4.98. The molecule has 0 bridgehead atoms. The van der Waals surface area contributed by atoms with Gasteiger partial charge in [-0.15, -0.1) is 0 Å². The van der Waals surface area contributed by atoms with Crippen molar-refractivity contribution in [2.45, 2.75) is 51.0 Å². The Balaban J connectivity index is 2.07. The lowest BCUT2D eigenvalue weighted by Crippen LogP contribution is -2.47. The van der Waals surface area contributed by atoms with E-state index < -0.39 is 0 Å². The Bertz CT molecular complexity index is 136. The van der Waals surface area contributed by atoms with Gasteiger partial charge in [0.15, 0.2) is 0 Å². The van der Waals surface area contributed by atoms with Crippen molar-refractivity contribution in [2.75, 3.05) is 6.54 Å². The molecule has 1 nitrogen and oxygen atoms in total. The molecule has 0 amide bonds. The topological polar surface area (TPSA) is 12.0 Å². The zero-order chi connectivity index (χ0) is 7.73. The molecule has 0 radical (unpaired) electrons. The minimum Gasteiger partial charge on any atom is -0.311 e. The Morgan fingerprint density at radius 1 is 1.18 bits per heavy atom. The van der Waals surface area contributed by atoms with Gasteiger partial charge < -0.3 is 5.32 Å². The maximum absolute atomic E-state index is 3.72. The Labute approximate surface area is 69.6 Å². The molecule has 1 saturated heterocycles. The highest BCUT2D eigenvalue weighted by Gasteiger charge is 2.39. The average molecular weight is 153 g/mol. The van der Waals surface area contributed by atoms with Gasteiger partial charge in [-0.25, -0.2) is 0 Å². The van der Waals surface area contributed by atoms with Crippen LogP contribution in [0.25, 0.3) is 0 Å². The predicted octanol–water partition coefficient (Wildman–Crippen LogP) is 2.32. The lowest BCUT2D eigenvalue weighted by Gasteiger charge is -2.39. The summed E-state index contributed by atoms with van der Waals surface area (Å²) in [6, 6.07) is 0. The highest BCUT2D eigenvalue weighted by atomic mass is 15.0. The maximum Gasteiger partial charge on any atom is 0.0207 e. The molecular formula is C10H19N. The summed E-state index contributed by atoms with van der Waals surface area (Å²) in [5.41, 5.74) is 0.582. The SMILES string of the molecule is CC1CCCC[C@@]12CCCN2. The Kier molecular flexibility index (Phi) is 1.92. The van der Waals surface area contributed by atoms with Crippen LogP contribution in [0.2, 0.25) is 0 Å². The minimum absolute atomic E-state index is 0.582. The number of hydrogen-bond acceptors (Lipinski definition) is 1. The monoisotopic (exact) mass is 153 g/mol.